The van der Waals surface area contributed by atoms with E-state index in [9.17, 15) is 4.79 Å². The molecule has 1 amide bonds. The van der Waals surface area contributed by atoms with Gasteiger partial charge in [0.1, 0.15) is 12.4 Å². The first kappa shape index (κ1) is 22.6. The Hall–Kier alpha value is -3.16. The fourth-order valence-corrected chi connectivity index (χ4v) is 4.50. The normalized spacial score (nSPS) is 23.7. The number of nitrogens with zero attached hydrogens (tertiary/aromatic N) is 4. The van der Waals surface area contributed by atoms with Crippen molar-refractivity contribution in [2.24, 2.45) is 17.8 Å². The van der Waals surface area contributed by atoms with Crippen LogP contribution in [-0.2, 0) is 9.47 Å². The zero-order valence-corrected chi connectivity index (χ0v) is 19.0. The number of hydrogen-bond donors (Lipinski definition) is 1. The van der Waals surface area contributed by atoms with Crippen molar-refractivity contribution in [2.75, 3.05) is 38.2 Å². The summed E-state index contributed by atoms with van der Waals surface area (Å²) in [6, 6.07) is 6.61. The van der Waals surface area contributed by atoms with Crippen molar-refractivity contribution in [1.29, 1.82) is 5.26 Å². The molecule has 0 spiro atoms. The van der Waals surface area contributed by atoms with Gasteiger partial charge < -0.3 is 24.4 Å². The number of piperidine rings is 1. The van der Waals surface area contributed by atoms with Gasteiger partial charge in [-0.05, 0) is 37.0 Å². The maximum absolute atomic E-state index is 15.2. The summed E-state index contributed by atoms with van der Waals surface area (Å²) in [4.78, 5) is 22.1. The third-order valence-electron chi connectivity index (χ3n) is 6.26. The third-order valence-corrected chi connectivity index (χ3v) is 6.57. The molecule has 0 radical (unpaired) electrons. The van der Waals surface area contributed by atoms with Crippen LogP contribution in [0.5, 0.6) is 5.88 Å². The Labute approximate surface area is 200 Å². The van der Waals surface area contributed by atoms with E-state index in [1.807, 2.05) is 6.07 Å². The maximum Gasteiger partial charge on any atom is 0.409 e. The molecule has 1 aromatic carbocycles. The Morgan fingerprint density at radius 1 is 1.29 bits per heavy atom. The molecule has 9 nitrogen and oxygen atoms in total. The lowest BCUT2D eigenvalue weighted by Gasteiger charge is -2.45. The summed E-state index contributed by atoms with van der Waals surface area (Å²) in [5.74, 6) is -0.823. The minimum Gasteiger partial charge on any atom is -0.471 e. The van der Waals surface area contributed by atoms with Crippen molar-refractivity contribution in [3.05, 3.63) is 40.9 Å². The smallest absolute Gasteiger partial charge is 0.409 e. The number of rotatable bonds is 6. The zero-order valence-electron chi connectivity index (χ0n) is 18.2. The number of benzene rings is 1. The van der Waals surface area contributed by atoms with Crippen molar-refractivity contribution in [1.82, 2.24) is 14.9 Å². The number of carbonyl (C=O) groups excluding carboxylic acids is 1. The molecule has 3 heterocycles. The zero-order chi connectivity index (χ0) is 23.7. The van der Waals surface area contributed by atoms with Crippen LogP contribution in [0.1, 0.15) is 18.4 Å². The van der Waals surface area contributed by atoms with Crippen LogP contribution in [0.25, 0.3) is 0 Å². The first-order valence-corrected chi connectivity index (χ1v) is 11.5. The van der Waals surface area contributed by atoms with Crippen LogP contribution in [0, 0.1) is 34.9 Å². The SMILES string of the molecule is N#Cc1ccc(Nc2ncnc(OC3C4COCC3CN(C(=O)OCC3CC3)C4)c2F)c(Cl)c1. The molecule has 2 saturated heterocycles. The van der Waals surface area contributed by atoms with Gasteiger partial charge in [0.25, 0.3) is 5.88 Å². The number of halogens is 2. The van der Waals surface area contributed by atoms with E-state index in [-0.39, 0.29) is 40.8 Å². The number of carbonyl (C=O) groups is 1. The Balaban J connectivity index is 1.28. The Morgan fingerprint density at radius 2 is 2.06 bits per heavy atom. The molecule has 5 rings (SSSR count). The molecular formula is C23H23ClFN5O4. The molecule has 3 aliphatic rings. The fourth-order valence-electron chi connectivity index (χ4n) is 4.27. The van der Waals surface area contributed by atoms with Crippen molar-refractivity contribution >= 4 is 29.2 Å². The van der Waals surface area contributed by atoms with E-state index in [1.54, 1.807) is 17.0 Å². The minimum absolute atomic E-state index is 0.0980. The number of likely N-dealkylation sites (tertiary alicyclic amines) is 1. The average molecular weight is 488 g/mol. The minimum atomic E-state index is -0.756. The van der Waals surface area contributed by atoms with E-state index in [0.717, 1.165) is 12.8 Å². The van der Waals surface area contributed by atoms with Gasteiger partial charge in [0.15, 0.2) is 5.82 Å². The van der Waals surface area contributed by atoms with Crippen LogP contribution < -0.4 is 10.1 Å². The monoisotopic (exact) mass is 487 g/mol. The maximum atomic E-state index is 15.2. The predicted octanol–water partition coefficient (Wildman–Crippen LogP) is 3.76. The fraction of sp³-hybridized carbons (Fsp3) is 0.478. The second kappa shape index (κ2) is 9.60. The molecule has 2 unspecified atom stereocenters. The summed E-state index contributed by atoms with van der Waals surface area (Å²) < 4.78 is 32.4. The lowest BCUT2D eigenvalue weighted by molar-refractivity contribution is -0.111. The first-order chi connectivity index (χ1) is 16.5. The van der Waals surface area contributed by atoms with Crippen molar-refractivity contribution in [2.45, 2.75) is 18.9 Å². The summed E-state index contributed by atoms with van der Waals surface area (Å²) in [5.41, 5.74) is 0.784. The molecule has 3 fully saturated rings. The van der Waals surface area contributed by atoms with Gasteiger partial charge in [0.2, 0.25) is 5.82 Å². The van der Waals surface area contributed by atoms with Crippen molar-refractivity contribution < 1.29 is 23.4 Å². The van der Waals surface area contributed by atoms with Gasteiger partial charge in [0, 0.05) is 24.9 Å². The summed E-state index contributed by atoms with van der Waals surface area (Å²) in [6.07, 6.45) is 2.75. The number of aromatic nitrogens is 2. The predicted molar refractivity (Wildman–Crippen MR) is 119 cm³/mol. The average Bonchev–Trinajstić information content (AvgIpc) is 3.65. The van der Waals surface area contributed by atoms with Crippen molar-refractivity contribution in [3.63, 3.8) is 0 Å². The molecule has 2 aromatic rings. The van der Waals surface area contributed by atoms with Crippen LogP contribution >= 0.6 is 11.6 Å². The number of anilines is 2. The molecule has 1 aromatic heterocycles. The molecule has 1 N–H and O–H groups in total. The van der Waals surface area contributed by atoms with Gasteiger partial charge in [-0.25, -0.2) is 9.78 Å². The standard InChI is InChI=1S/C23H23ClFN5O4/c24-17-5-14(6-26)3-4-18(17)29-21-19(25)22(28-12-27-21)34-20-15-7-30(8-16(20)11-32-10-15)23(31)33-9-13-1-2-13/h3-5,12-13,15-16,20H,1-2,7-11H2,(H,27,28,29). The highest BCUT2D eigenvalue weighted by molar-refractivity contribution is 6.33. The van der Waals surface area contributed by atoms with E-state index in [4.69, 9.17) is 31.1 Å². The second-order valence-corrected chi connectivity index (χ2v) is 9.25. The Bertz CT molecular complexity index is 1110. The van der Waals surface area contributed by atoms with E-state index in [0.29, 0.717) is 50.1 Å². The van der Waals surface area contributed by atoms with E-state index in [2.05, 4.69) is 15.3 Å². The summed E-state index contributed by atoms with van der Waals surface area (Å²) in [6.45, 7) is 2.07. The summed E-state index contributed by atoms with van der Waals surface area (Å²) in [7, 11) is 0. The van der Waals surface area contributed by atoms with E-state index < -0.39 is 5.82 Å². The highest BCUT2D eigenvalue weighted by atomic mass is 35.5. The van der Waals surface area contributed by atoms with Crippen LogP contribution in [-0.4, -0.2) is 60.0 Å². The molecule has 11 heteroatoms. The molecule has 2 aliphatic heterocycles. The summed E-state index contributed by atoms with van der Waals surface area (Å²) >= 11 is 6.19. The number of nitriles is 1. The topological polar surface area (TPSA) is 110 Å². The van der Waals surface area contributed by atoms with Crippen LogP contribution in [0.2, 0.25) is 5.02 Å². The number of nitrogens with one attached hydrogen (secondary N) is 1. The number of hydrogen-bond acceptors (Lipinski definition) is 8. The van der Waals surface area contributed by atoms with E-state index >= 15 is 4.39 Å². The second-order valence-electron chi connectivity index (χ2n) is 8.84. The van der Waals surface area contributed by atoms with Gasteiger partial charge in [-0.1, -0.05) is 11.6 Å². The van der Waals surface area contributed by atoms with Crippen LogP contribution in [0.4, 0.5) is 20.7 Å². The molecule has 34 heavy (non-hydrogen) atoms. The molecule has 2 bridgehead atoms. The number of amides is 1. The van der Waals surface area contributed by atoms with Crippen LogP contribution in [0.15, 0.2) is 24.5 Å². The number of ether oxygens (including phenoxy) is 3. The molecular weight excluding hydrogens is 465 g/mol. The van der Waals surface area contributed by atoms with Gasteiger partial charge in [-0.3, -0.25) is 0 Å². The van der Waals surface area contributed by atoms with Crippen LogP contribution in [0.3, 0.4) is 0 Å². The number of fused-ring (bicyclic) bond motifs is 2. The largest absolute Gasteiger partial charge is 0.471 e. The molecule has 1 aliphatic carbocycles. The lowest BCUT2D eigenvalue weighted by atomic mass is 9.84. The van der Waals surface area contributed by atoms with Gasteiger partial charge >= 0.3 is 6.09 Å². The first-order valence-electron chi connectivity index (χ1n) is 11.1. The highest BCUT2D eigenvalue weighted by Crippen LogP contribution is 2.34. The highest BCUT2D eigenvalue weighted by Gasteiger charge is 2.44. The third kappa shape index (κ3) is 4.86. The Kier molecular flexibility index (Phi) is 6.39. The molecule has 178 valence electrons. The Morgan fingerprint density at radius 3 is 2.74 bits per heavy atom. The van der Waals surface area contributed by atoms with E-state index in [1.165, 1.54) is 12.4 Å². The van der Waals surface area contributed by atoms with Gasteiger partial charge in [-0.2, -0.15) is 14.6 Å². The van der Waals surface area contributed by atoms with Gasteiger partial charge in [0.05, 0.1) is 42.2 Å². The molecule has 2 atom stereocenters. The lowest BCUT2D eigenvalue weighted by Crippen LogP contribution is -2.58. The van der Waals surface area contributed by atoms with Gasteiger partial charge in [-0.15, -0.1) is 0 Å². The van der Waals surface area contributed by atoms with Crippen molar-refractivity contribution in [3.8, 4) is 11.9 Å². The molecule has 1 saturated carbocycles. The quantitative estimate of drug-likeness (QED) is 0.656. The summed E-state index contributed by atoms with van der Waals surface area (Å²) in [5, 5.41) is 12.1.